The van der Waals surface area contributed by atoms with Crippen LogP contribution in [0.5, 0.6) is 0 Å². The zero-order chi connectivity index (χ0) is 15.1. The van der Waals surface area contributed by atoms with E-state index < -0.39 is 24.5 Å². The largest absolute Gasteiger partial charge is 0.388 e. The first-order valence-corrected chi connectivity index (χ1v) is 7.77. The van der Waals surface area contributed by atoms with Crippen LogP contribution in [0.2, 0.25) is 0 Å². The summed E-state index contributed by atoms with van der Waals surface area (Å²) in [6.07, 6.45) is 0.306. The van der Waals surface area contributed by atoms with Crippen molar-refractivity contribution in [2.24, 2.45) is 0 Å². The zero-order valence-corrected chi connectivity index (χ0v) is 12.7. The van der Waals surface area contributed by atoms with Crippen molar-refractivity contribution in [3.63, 3.8) is 0 Å². The fraction of sp³-hybridized carbons (Fsp3) is 0.583. The lowest BCUT2D eigenvalue weighted by Crippen LogP contribution is -2.30. The van der Waals surface area contributed by atoms with E-state index in [4.69, 9.17) is 4.74 Å². The molecule has 1 aliphatic heterocycles. The molecule has 4 atom stereocenters. The van der Waals surface area contributed by atoms with E-state index in [0.29, 0.717) is 22.1 Å². The highest BCUT2D eigenvalue weighted by atomic mass is 32.2. The Kier molecular flexibility index (Phi) is 3.74. The molecule has 0 aliphatic carbocycles. The fourth-order valence-corrected chi connectivity index (χ4v) is 2.77. The predicted molar refractivity (Wildman–Crippen MR) is 78.2 cm³/mol. The normalized spacial score (nSPS) is 29.2. The van der Waals surface area contributed by atoms with Crippen molar-refractivity contribution in [2.75, 3.05) is 18.6 Å². The SMILES string of the molecule is CNc1nc(SC)nc2c1ncn2[C@@H]1O[C@H](C)[C@@H](O)[C@H]1O. The van der Waals surface area contributed by atoms with Crippen molar-refractivity contribution in [3.8, 4) is 0 Å². The number of nitrogens with zero attached hydrogens (tertiary/aromatic N) is 4. The molecule has 114 valence electrons. The van der Waals surface area contributed by atoms with E-state index in [1.165, 1.54) is 11.8 Å². The van der Waals surface area contributed by atoms with Gasteiger partial charge < -0.3 is 20.3 Å². The molecule has 0 amide bonds. The summed E-state index contributed by atoms with van der Waals surface area (Å²) >= 11 is 1.41. The first-order valence-electron chi connectivity index (χ1n) is 6.54. The molecule has 0 radical (unpaired) electrons. The van der Waals surface area contributed by atoms with E-state index in [1.807, 2.05) is 6.26 Å². The molecule has 0 spiro atoms. The minimum atomic E-state index is -1.02. The van der Waals surface area contributed by atoms with Crippen molar-refractivity contribution in [1.29, 1.82) is 0 Å². The van der Waals surface area contributed by atoms with Crippen LogP contribution in [0.25, 0.3) is 11.2 Å². The van der Waals surface area contributed by atoms with E-state index in [1.54, 1.807) is 24.9 Å². The minimum Gasteiger partial charge on any atom is -0.388 e. The van der Waals surface area contributed by atoms with Crippen LogP contribution in [0.3, 0.4) is 0 Å². The first-order chi connectivity index (χ1) is 10.1. The molecule has 1 saturated heterocycles. The molecule has 1 aliphatic rings. The molecule has 9 heteroatoms. The average Bonchev–Trinajstić information content (AvgIpc) is 3.02. The molecule has 21 heavy (non-hydrogen) atoms. The summed E-state index contributed by atoms with van der Waals surface area (Å²) in [4.78, 5) is 13.1. The van der Waals surface area contributed by atoms with E-state index in [-0.39, 0.29) is 0 Å². The number of ether oxygens (including phenoxy) is 1. The summed E-state index contributed by atoms with van der Waals surface area (Å²) in [6, 6.07) is 0. The maximum atomic E-state index is 10.1. The highest BCUT2D eigenvalue weighted by Gasteiger charge is 2.42. The average molecular weight is 311 g/mol. The third-order valence-corrected chi connectivity index (χ3v) is 4.12. The predicted octanol–water partition coefficient (Wildman–Crippen LogP) is 0.229. The second-order valence-electron chi connectivity index (χ2n) is 4.85. The summed E-state index contributed by atoms with van der Waals surface area (Å²) in [7, 11) is 1.76. The Labute approximate surface area is 125 Å². The number of aliphatic hydroxyl groups is 2. The molecular formula is C12H17N5O3S. The summed E-state index contributed by atoms with van der Waals surface area (Å²) in [5, 5.41) is 23.6. The molecule has 3 N–H and O–H groups in total. The van der Waals surface area contributed by atoms with E-state index >= 15 is 0 Å². The summed E-state index contributed by atoms with van der Waals surface area (Å²) in [6.45, 7) is 1.72. The second-order valence-corrected chi connectivity index (χ2v) is 5.62. The molecule has 0 saturated carbocycles. The smallest absolute Gasteiger partial charge is 0.191 e. The van der Waals surface area contributed by atoms with E-state index in [0.717, 1.165) is 0 Å². The number of anilines is 1. The van der Waals surface area contributed by atoms with Gasteiger partial charge in [-0.15, -0.1) is 0 Å². The number of hydrogen-bond acceptors (Lipinski definition) is 8. The van der Waals surface area contributed by atoms with Gasteiger partial charge in [0.2, 0.25) is 0 Å². The lowest BCUT2D eigenvalue weighted by molar-refractivity contribution is -0.0300. The summed E-state index contributed by atoms with van der Waals surface area (Å²) in [5.74, 6) is 0.615. The van der Waals surface area contributed by atoms with Crippen LogP contribution in [-0.4, -0.2) is 61.3 Å². The monoisotopic (exact) mass is 311 g/mol. The Morgan fingerprint density at radius 2 is 2.10 bits per heavy atom. The quantitative estimate of drug-likeness (QED) is 0.546. The summed E-state index contributed by atoms with van der Waals surface area (Å²) in [5.41, 5.74) is 1.16. The van der Waals surface area contributed by atoms with Crippen molar-refractivity contribution >= 4 is 28.7 Å². The second kappa shape index (κ2) is 5.41. The van der Waals surface area contributed by atoms with Gasteiger partial charge in [-0.25, -0.2) is 15.0 Å². The number of nitrogens with one attached hydrogen (secondary N) is 1. The molecule has 3 heterocycles. The maximum absolute atomic E-state index is 10.1. The van der Waals surface area contributed by atoms with Crippen LogP contribution in [0.1, 0.15) is 13.2 Å². The van der Waals surface area contributed by atoms with Gasteiger partial charge in [0.05, 0.1) is 12.4 Å². The van der Waals surface area contributed by atoms with Gasteiger partial charge >= 0.3 is 0 Å². The number of rotatable bonds is 3. The molecule has 0 unspecified atom stereocenters. The molecule has 0 aromatic carbocycles. The minimum absolute atomic E-state index is 0.451. The number of fused-ring (bicyclic) bond motifs is 1. The lowest BCUT2D eigenvalue weighted by Gasteiger charge is -2.16. The highest BCUT2D eigenvalue weighted by Crippen LogP contribution is 2.32. The van der Waals surface area contributed by atoms with Crippen molar-refractivity contribution in [3.05, 3.63) is 6.33 Å². The molecule has 2 aromatic rings. The van der Waals surface area contributed by atoms with Crippen LogP contribution in [-0.2, 0) is 4.74 Å². The number of aliphatic hydroxyl groups excluding tert-OH is 2. The van der Waals surface area contributed by atoms with Crippen LogP contribution >= 0.6 is 11.8 Å². The number of aromatic nitrogens is 4. The Morgan fingerprint density at radius 1 is 1.33 bits per heavy atom. The van der Waals surface area contributed by atoms with E-state index in [2.05, 4.69) is 20.3 Å². The topological polar surface area (TPSA) is 105 Å². The van der Waals surface area contributed by atoms with Gasteiger partial charge in [-0.3, -0.25) is 4.57 Å². The maximum Gasteiger partial charge on any atom is 0.191 e. The number of thioether (sulfide) groups is 1. The van der Waals surface area contributed by atoms with Gasteiger partial charge in [-0.1, -0.05) is 11.8 Å². The molecule has 2 aromatic heterocycles. The third-order valence-electron chi connectivity index (χ3n) is 3.57. The van der Waals surface area contributed by atoms with Gasteiger partial charge in [0.25, 0.3) is 0 Å². The van der Waals surface area contributed by atoms with Crippen molar-refractivity contribution < 1.29 is 14.9 Å². The highest BCUT2D eigenvalue weighted by molar-refractivity contribution is 7.98. The number of hydrogen-bond donors (Lipinski definition) is 3. The van der Waals surface area contributed by atoms with Crippen LogP contribution in [0, 0.1) is 0 Å². The van der Waals surface area contributed by atoms with Gasteiger partial charge in [0, 0.05) is 7.05 Å². The summed E-state index contributed by atoms with van der Waals surface area (Å²) < 4.78 is 7.25. The number of imidazole rings is 1. The Hall–Kier alpha value is -1.42. The molecule has 8 nitrogen and oxygen atoms in total. The van der Waals surface area contributed by atoms with Crippen molar-refractivity contribution in [2.45, 2.75) is 36.6 Å². The molecule has 1 fully saturated rings. The van der Waals surface area contributed by atoms with Crippen LogP contribution in [0.15, 0.2) is 11.5 Å². The molecule has 3 rings (SSSR count). The Balaban J connectivity index is 2.12. The van der Waals surface area contributed by atoms with Crippen LogP contribution < -0.4 is 5.32 Å². The first kappa shape index (κ1) is 14.5. The Morgan fingerprint density at radius 3 is 2.67 bits per heavy atom. The molecule has 0 bridgehead atoms. The lowest BCUT2D eigenvalue weighted by atomic mass is 10.1. The van der Waals surface area contributed by atoms with Crippen molar-refractivity contribution in [1.82, 2.24) is 19.5 Å². The van der Waals surface area contributed by atoms with Gasteiger partial charge in [0.15, 0.2) is 28.4 Å². The van der Waals surface area contributed by atoms with Gasteiger partial charge in [0.1, 0.15) is 12.2 Å². The van der Waals surface area contributed by atoms with Gasteiger partial charge in [-0.05, 0) is 13.2 Å². The van der Waals surface area contributed by atoms with Crippen LogP contribution in [0.4, 0.5) is 5.82 Å². The fourth-order valence-electron chi connectivity index (χ4n) is 2.41. The third kappa shape index (κ3) is 2.26. The van der Waals surface area contributed by atoms with Gasteiger partial charge in [-0.2, -0.15) is 0 Å². The molecular weight excluding hydrogens is 294 g/mol. The zero-order valence-electron chi connectivity index (χ0n) is 11.9. The standard InChI is InChI=1S/C12H17N5O3S/c1-5-7(18)8(19)11(20-5)17-4-14-6-9(13-2)15-12(21-3)16-10(6)17/h4-5,7-8,11,18-19H,1-3H3,(H,13,15,16)/t5-,7-,8-,11-/m1/s1. The van der Waals surface area contributed by atoms with E-state index in [9.17, 15) is 10.2 Å². The Bertz CT molecular complexity index is 664.